The fourth-order valence-electron chi connectivity index (χ4n) is 3.08. The smallest absolute Gasteiger partial charge is 0.332 e. The Morgan fingerprint density at radius 1 is 1.07 bits per heavy atom. The first kappa shape index (κ1) is 19.5. The third kappa shape index (κ3) is 3.61. The van der Waals surface area contributed by atoms with Crippen molar-refractivity contribution in [2.45, 2.75) is 6.54 Å². The summed E-state index contributed by atoms with van der Waals surface area (Å²) in [6, 6.07) is 14.8. The predicted octanol–water partition coefficient (Wildman–Crippen LogP) is 3.69. The maximum Gasteiger partial charge on any atom is 0.332 e. The van der Waals surface area contributed by atoms with Crippen LogP contribution in [0.5, 0.6) is 11.8 Å². The normalized spacial score (nSPS) is 11.2. The van der Waals surface area contributed by atoms with Crippen LogP contribution in [0.4, 0.5) is 0 Å². The first-order valence-electron chi connectivity index (χ1n) is 8.69. The second-order valence-corrected chi connectivity index (χ2v) is 7.90. The van der Waals surface area contributed by atoms with Crippen LogP contribution in [0.1, 0.15) is 5.56 Å². The molecule has 0 aliphatic carbocycles. The van der Waals surface area contributed by atoms with Crippen LogP contribution in [-0.4, -0.2) is 18.7 Å². The van der Waals surface area contributed by atoms with E-state index in [9.17, 15) is 9.59 Å². The largest absolute Gasteiger partial charge is 0.425 e. The number of benzene rings is 2. The molecule has 0 N–H and O–H groups in total. The number of rotatable bonds is 4. The van der Waals surface area contributed by atoms with Crippen molar-refractivity contribution in [2.24, 2.45) is 14.1 Å². The van der Waals surface area contributed by atoms with E-state index in [4.69, 9.17) is 16.3 Å². The van der Waals surface area contributed by atoms with Gasteiger partial charge in [-0.15, -0.1) is 0 Å². The lowest BCUT2D eigenvalue weighted by Gasteiger charge is -2.10. The van der Waals surface area contributed by atoms with Crippen molar-refractivity contribution in [2.75, 3.05) is 0 Å². The van der Waals surface area contributed by atoms with Crippen molar-refractivity contribution in [1.29, 1.82) is 0 Å². The quantitative estimate of drug-likeness (QED) is 0.451. The van der Waals surface area contributed by atoms with Gasteiger partial charge in [0.05, 0.1) is 6.54 Å². The average molecular weight is 476 g/mol. The summed E-state index contributed by atoms with van der Waals surface area (Å²) in [6.45, 7) is 0.302. The number of halogens is 2. The number of hydrogen-bond acceptors (Lipinski definition) is 4. The van der Waals surface area contributed by atoms with Gasteiger partial charge >= 0.3 is 11.7 Å². The molecule has 9 heteroatoms. The van der Waals surface area contributed by atoms with E-state index in [1.54, 1.807) is 29.8 Å². The van der Waals surface area contributed by atoms with Gasteiger partial charge in [-0.05, 0) is 42.0 Å². The number of fused-ring (bicyclic) bond motifs is 1. The lowest BCUT2D eigenvalue weighted by Crippen LogP contribution is -2.37. The number of aromatic nitrogens is 4. The minimum absolute atomic E-state index is 0.209. The molecule has 0 saturated heterocycles. The highest BCUT2D eigenvalue weighted by Crippen LogP contribution is 2.26. The molecule has 2 heterocycles. The van der Waals surface area contributed by atoms with E-state index < -0.39 is 11.2 Å². The predicted molar refractivity (Wildman–Crippen MR) is 115 cm³/mol. The summed E-state index contributed by atoms with van der Waals surface area (Å²) < 4.78 is 10.9. The molecule has 2 aromatic carbocycles. The fraction of sp³-hybridized carbons (Fsp3) is 0.150. The van der Waals surface area contributed by atoms with Crippen molar-refractivity contribution in [3.05, 3.63) is 84.4 Å². The molecule has 0 fully saturated rings. The zero-order valence-corrected chi connectivity index (χ0v) is 17.9. The second kappa shape index (κ2) is 7.53. The van der Waals surface area contributed by atoms with Gasteiger partial charge in [-0.25, -0.2) is 4.79 Å². The van der Waals surface area contributed by atoms with Gasteiger partial charge in [-0.3, -0.25) is 18.5 Å². The molecule has 0 aliphatic heterocycles. The molecule has 0 spiro atoms. The third-order valence-corrected chi connectivity index (χ3v) is 5.33. The molecule has 0 unspecified atom stereocenters. The van der Waals surface area contributed by atoms with Gasteiger partial charge in [0.2, 0.25) is 0 Å². The van der Waals surface area contributed by atoms with Crippen LogP contribution in [0.2, 0.25) is 5.02 Å². The first-order valence-corrected chi connectivity index (χ1v) is 9.86. The molecule has 2 aromatic heterocycles. The summed E-state index contributed by atoms with van der Waals surface area (Å²) in [5.41, 5.74) is 0.510. The van der Waals surface area contributed by atoms with Gasteiger partial charge in [0, 0.05) is 23.6 Å². The molecule has 4 rings (SSSR count). The maximum atomic E-state index is 12.9. The lowest BCUT2D eigenvalue weighted by molar-refractivity contribution is 0.421. The van der Waals surface area contributed by atoms with E-state index in [1.807, 2.05) is 30.3 Å². The van der Waals surface area contributed by atoms with Crippen LogP contribution in [0.15, 0.2) is 62.6 Å². The minimum atomic E-state index is -0.454. The fourth-order valence-corrected chi connectivity index (χ4v) is 3.55. The van der Waals surface area contributed by atoms with Crippen LogP contribution < -0.4 is 16.0 Å². The highest BCUT2D eigenvalue weighted by atomic mass is 79.9. The molecular formula is C20H16BrClN4O3. The van der Waals surface area contributed by atoms with Crippen LogP contribution in [0, 0.1) is 0 Å². The monoisotopic (exact) mass is 474 g/mol. The van der Waals surface area contributed by atoms with Gasteiger partial charge in [0.1, 0.15) is 5.75 Å². The Bertz CT molecular complexity index is 1340. The standard InChI is InChI=1S/C20H16BrClN4O3/c1-24-17-16(18(27)25(2)20(24)28)26(11-12-4-3-5-14(22)10-12)19(23-17)29-15-8-6-13(21)7-9-15/h3-10H,11H2,1-2H3. The van der Waals surface area contributed by atoms with Gasteiger partial charge in [-0.1, -0.05) is 39.7 Å². The van der Waals surface area contributed by atoms with Crippen molar-refractivity contribution in [3.8, 4) is 11.8 Å². The molecule has 29 heavy (non-hydrogen) atoms. The van der Waals surface area contributed by atoms with Gasteiger partial charge in [0.25, 0.3) is 5.56 Å². The number of aryl methyl sites for hydroxylation is 1. The minimum Gasteiger partial charge on any atom is -0.425 e. The maximum absolute atomic E-state index is 12.9. The summed E-state index contributed by atoms with van der Waals surface area (Å²) in [5, 5.41) is 0.586. The summed E-state index contributed by atoms with van der Waals surface area (Å²) in [4.78, 5) is 29.7. The van der Waals surface area contributed by atoms with Crippen LogP contribution in [0.3, 0.4) is 0 Å². The van der Waals surface area contributed by atoms with E-state index >= 15 is 0 Å². The number of imidazole rings is 1. The molecule has 0 saturated carbocycles. The summed E-state index contributed by atoms with van der Waals surface area (Å²) in [6.07, 6.45) is 0. The zero-order valence-electron chi connectivity index (χ0n) is 15.6. The van der Waals surface area contributed by atoms with Gasteiger partial charge in [-0.2, -0.15) is 4.98 Å². The van der Waals surface area contributed by atoms with E-state index in [1.165, 1.54) is 11.6 Å². The van der Waals surface area contributed by atoms with Crippen LogP contribution >= 0.6 is 27.5 Å². The van der Waals surface area contributed by atoms with Crippen LogP contribution in [-0.2, 0) is 20.6 Å². The molecule has 7 nitrogen and oxygen atoms in total. The average Bonchev–Trinajstić information content (AvgIpc) is 3.04. The molecule has 148 valence electrons. The van der Waals surface area contributed by atoms with Crippen molar-refractivity contribution >= 4 is 38.7 Å². The molecule has 0 atom stereocenters. The van der Waals surface area contributed by atoms with Gasteiger partial charge in [0.15, 0.2) is 11.2 Å². The molecule has 0 amide bonds. The van der Waals surface area contributed by atoms with Crippen molar-refractivity contribution in [3.63, 3.8) is 0 Å². The molecule has 0 radical (unpaired) electrons. The highest BCUT2D eigenvalue weighted by Gasteiger charge is 2.21. The summed E-state index contributed by atoms with van der Waals surface area (Å²) in [7, 11) is 3.01. The van der Waals surface area contributed by atoms with E-state index in [0.717, 1.165) is 14.6 Å². The van der Waals surface area contributed by atoms with E-state index in [-0.39, 0.29) is 17.2 Å². The molecule has 4 aromatic rings. The summed E-state index contributed by atoms with van der Waals surface area (Å²) >= 11 is 9.51. The summed E-state index contributed by atoms with van der Waals surface area (Å²) in [5.74, 6) is 0.553. The zero-order chi connectivity index (χ0) is 20.7. The number of hydrogen-bond donors (Lipinski definition) is 0. The van der Waals surface area contributed by atoms with Crippen LogP contribution in [0.25, 0.3) is 11.2 Å². The lowest BCUT2D eigenvalue weighted by atomic mass is 10.2. The van der Waals surface area contributed by atoms with Crippen molar-refractivity contribution in [1.82, 2.24) is 18.7 Å². The molecular weight excluding hydrogens is 460 g/mol. The van der Waals surface area contributed by atoms with E-state index in [2.05, 4.69) is 20.9 Å². The Morgan fingerprint density at radius 2 is 1.79 bits per heavy atom. The Hall–Kier alpha value is -2.84. The first-order chi connectivity index (χ1) is 13.8. The second-order valence-electron chi connectivity index (χ2n) is 6.54. The topological polar surface area (TPSA) is 71.1 Å². The Morgan fingerprint density at radius 3 is 2.48 bits per heavy atom. The van der Waals surface area contributed by atoms with Gasteiger partial charge < -0.3 is 4.74 Å². The third-order valence-electron chi connectivity index (χ3n) is 4.57. The SMILES string of the molecule is Cn1c(=O)c2c(nc(Oc3ccc(Br)cc3)n2Cc2cccc(Cl)c2)n(C)c1=O. The Balaban J connectivity index is 1.94. The molecule has 0 bridgehead atoms. The highest BCUT2D eigenvalue weighted by molar-refractivity contribution is 9.10. The number of ether oxygens (including phenoxy) is 1. The van der Waals surface area contributed by atoms with E-state index in [0.29, 0.717) is 17.3 Å². The number of nitrogens with zero attached hydrogens (tertiary/aromatic N) is 4. The van der Waals surface area contributed by atoms with Crippen molar-refractivity contribution < 1.29 is 4.74 Å². The Labute approximate surface area is 178 Å². The molecule has 0 aliphatic rings. The Kier molecular flexibility index (Phi) is 5.06.